The molecule has 0 bridgehead atoms. The van der Waals surface area contributed by atoms with Crippen molar-refractivity contribution in [2.45, 2.75) is 57.5 Å². The summed E-state index contributed by atoms with van der Waals surface area (Å²) in [7, 11) is 0. The number of hydrogen-bond acceptors (Lipinski definition) is 4. The van der Waals surface area contributed by atoms with Crippen molar-refractivity contribution < 1.29 is 24.3 Å². The number of hydrogen-bond donors (Lipinski definition) is 1. The Hall–Kier alpha value is -1.95. The predicted molar refractivity (Wildman–Crippen MR) is 84.6 cm³/mol. The van der Waals surface area contributed by atoms with E-state index in [0.29, 0.717) is 37.2 Å². The molecule has 6 heteroatoms. The van der Waals surface area contributed by atoms with Gasteiger partial charge in [0.2, 0.25) is 0 Å². The lowest BCUT2D eigenvalue weighted by Gasteiger charge is -2.20. The van der Waals surface area contributed by atoms with Gasteiger partial charge in [0.15, 0.2) is 0 Å². The van der Waals surface area contributed by atoms with Crippen molar-refractivity contribution in [1.29, 1.82) is 0 Å². The molecule has 0 aromatic heterocycles. The van der Waals surface area contributed by atoms with E-state index < -0.39 is 12.1 Å². The smallest absolute Gasteiger partial charge is 0.333 e. The van der Waals surface area contributed by atoms with E-state index in [9.17, 15) is 19.5 Å². The van der Waals surface area contributed by atoms with Crippen LogP contribution in [0.4, 0.5) is 0 Å². The highest BCUT2D eigenvalue weighted by Crippen LogP contribution is 2.24. The standard InChI is InChI=1S/C17H23NO5/c1-12-7-10-16(21)18(12)23-17(22)6-4-2-3-5-13-11-14(19)8-9-15(13)20/h8-9,13,15,20H,1-7,10-11H2/p+1. The van der Waals surface area contributed by atoms with Gasteiger partial charge in [-0.05, 0) is 25.3 Å². The third kappa shape index (κ3) is 5.03. The molecule has 2 aliphatic rings. The van der Waals surface area contributed by atoms with Crippen LogP contribution in [-0.4, -0.2) is 38.7 Å². The van der Waals surface area contributed by atoms with E-state index in [2.05, 4.69) is 6.58 Å². The van der Waals surface area contributed by atoms with Crippen molar-refractivity contribution >= 4 is 17.7 Å². The normalized spacial score (nSPS) is 24.4. The number of aliphatic hydroxyl groups excluding tert-OH is 1. The number of allylic oxidation sites excluding steroid dienone is 2. The Balaban J connectivity index is 1.59. The third-order valence-electron chi connectivity index (χ3n) is 4.23. The van der Waals surface area contributed by atoms with Gasteiger partial charge >= 0.3 is 11.8 Å². The number of carbonyl (C=O) groups excluding carboxylic acids is 3. The van der Waals surface area contributed by atoms with E-state index in [1.807, 2.05) is 0 Å². The van der Waals surface area contributed by atoms with Gasteiger partial charge in [-0.25, -0.2) is 4.79 Å². The topological polar surface area (TPSA) is 88.2 Å². The highest BCUT2D eigenvalue weighted by Gasteiger charge is 2.28. The van der Waals surface area contributed by atoms with Crippen molar-refractivity contribution in [3.8, 4) is 0 Å². The lowest BCUT2D eigenvalue weighted by atomic mass is 9.86. The zero-order valence-corrected chi connectivity index (χ0v) is 13.2. The number of nitrogens with zero attached hydrogens (tertiary/aromatic N) is 1. The van der Waals surface area contributed by atoms with Crippen LogP contribution in [-0.2, 0) is 14.4 Å². The van der Waals surface area contributed by atoms with E-state index in [0.717, 1.165) is 24.3 Å². The summed E-state index contributed by atoms with van der Waals surface area (Å²) in [5.41, 5.74) is 0.527. The van der Waals surface area contributed by atoms with Crippen LogP contribution < -0.4 is 0 Å². The molecule has 2 rings (SSSR count). The minimum absolute atomic E-state index is 0.0393. The number of unbranched alkanes of at least 4 members (excludes halogenated alkanes) is 2. The average Bonchev–Trinajstić information content (AvgIpc) is 2.82. The fourth-order valence-electron chi connectivity index (χ4n) is 2.84. The lowest BCUT2D eigenvalue weighted by molar-refractivity contribution is -0.186. The van der Waals surface area contributed by atoms with Crippen LogP contribution in [0.15, 0.2) is 24.4 Å². The maximum Gasteiger partial charge on any atom is 0.333 e. The SMILES string of the molecule is C=C1CCC(=O)N1OC(=O)CCCCCC1CC(=[OH+])C=CC1O. The largest absolute Gasteiger partial charge is 0.389 e. The minimum Gasteiger partial charge on any atom is -0.389 e. The molecule has 1 heterocycles. The van der Waals surface area contributed by atoms with Gasteiger partial charge in [0.1, 0.15) is 0 Å². The summed E-state index contributed by atoms with van der Waals surface area (Å²) in [5.74, 6) is -0.302. The van der Waals surface area contributed by atoms with Crippen LogP contribution >= 0.6 is 0 Å². The molecule has 126 valence electrons. The first-order valence-electron chi connectivity index (χ1n) is 8.10. The number of carbonyl (C=O) groups is 2. The van der Waals surface area contributed by atoms with Gasteiger partial charge in [-0.15, -0.1) is 5.06 Å². The monoisotopic (exact) mass is 322 g/mol. The van der Waals surface area contributed by atoms with Crippen LogP contribution in [0, 0.1) is 5.92 Å². The van der Waals surface area contributed by atoms with Crippen molar-refractivity contribution in [1.82, 2.24) is 5.06 Å². The molecule has 0 radical (unpaired) electrons. The Morgan fingerprint density at radius 3 is 2.87 bits per heavy atom. The van der Waals surface area contributed by atoms with Crippen LogP contribution in [0.5, 0.6) is 0 Å². The molecular formula is C17H24NO5+. The molecule has 0 aromatic carbocycles. The lowest BCUT2D eigenvalue weighted by Crippen LogP contribution is -2.26. The fourth-order valence-corrected chi connectivity index (χ4v) is 2.84. The second kappa shape index (κ2) is 8.06. The molecule has 1 aliphatic heterocycles. The molecule has 1 amide bonds. The maximum atomic E-state index is 11.7. The Morgan fingerprint density at radius 2 is 2.17 bits per heavy atom. The van der Waals surface area contributed by atoms with Crippen molar-refractivity contribution in [3.05, 3.63) is 24.4 Å². The average molecular weight is 322 g/mol. The summed E-state index contributed by atoms with van der Waals surface area (Å²) >= 11 is 0. The van der Waals surface area contributed by atoms with Gasteiger partial charge in [0, 0.05) is 24.8 Å². The van der Waals surface area contributed by atoms with Crippen LogP contribution in [0.2, 0.25) is 0 Å². The molecule has 0 saturated carbocycles. The van der Waals surface area contributed by atoms with E-state index in [-0.39, 0.29) is 18.2 Å². The molecule has 0 spiro atoms. The molecule has 1 saturated heterocycles. The quantitative estimate of drug-likeness (QED) is 0.573. The minimum atomic E-state index is -0.511. The molecule has 1 fully saturated rings. The number of amides is 1. The number of rotatable bonds is 7. The Labute approximate surface area is 135 Å². The molecule has 0 aromatic rings. The number of hydroxylamine groups is 2. The predicted octanol–water partition coefficient (Wildman–Crippen LogP) is 2.01. The Bertz CT molecular complexity index is 509. The number of ketones is 1. The fraction of sp³-hybridized carbons (Fsp3) is 0.588. The molecule has 23 heavy (non-hydrogen) atoms. The van der Waals surface area contributed by atoms with E-state index in [1.165, 1.54) is 0 Å². The first-order valence-corrected chi connectivity index (χ1v) is 8.10. The summed E-state index contributed by atoms with van der Waals surface area (Å²) in [6.07, 6.45) is 7.44. The molecular weight excluding hydrogens is 298 g/mol. The highest BCUT2D eigenvalue weighted by atomic mass is 16.7. The highest BCUT2D eigenvalue weighted by molar-refractivity contribution is 5.91. The zero-order valence-electron chi connectivity index (χ0n) is 13.2. The summed E-state index contributed by atoms with van der Waals surface area (Å²) in [6, 6.07) is 0. The molecule has 2 unspecified atom stereocenters. The van der Waals surface area contributed by atoms with Gasteiger partial charge in [0.25, 0.3) is 5.91 Å². The first kappa shape index (κ1) is 17.4. The van der Waals surface area contributed by atoms with E-state index in [1.54, 1.807) is 12.2 Å². The van der Waals surface area contributed by atoms with Gasteiger partial charge < -0.3 is 9.94 Å². The van der Waals surface area contributed by atoms with Crippen LogP contribution in [0.1, 0.15) is 51.4 Å². The van der Waals surface area contributed by atoms with Crippen LogP contribution in [0.3, 0.4) is 0 Å². The molecule has 1 aliphatic carbocycles. The van der Waals surface area contributed by atoms with E-state index in [4.69, 9.17) is 4.84 Å². The second-order valence-corrected chi connectivity index (χ2v) is 6.12. The van der Waals surface area contributed by atoms with Gasteiger partial charge in [-0.2, -0.15) is 0 Å². The van der Waals surface area contributed by atoms with Crippen molar-refractivity contribution in [2.75, 3.05) is 0 Å². The van der Waals surface area contributed by atoms with Gasteiger partial charge in [0.05, 0.1) is 18.2 Å². The van der Waals surface area contributed by atoms with Gasteiger partial charge in [-0.3, -0.25) is 9.59 Å². The Kier molecular flexibility index (Phi) is 6.10. The summed E-state index contributed by atoms with van der Waals surface area (Å²) in [5, 5.41) is 10.8. The van der Waals surface area contributed by atoms with Crippen molar-refractivity contribution in [3.63, 3.8) is 0 Å². The summed E-state index contributed by atoms with van der Waals surface area (Å²) < 4.78 is 0. The van der Waals surface area contributed by atoms with Crippen molar-refractivity contribution in [2.24, 2.45) is 5.92 Å². The molecule has 6 nitrogen and oxygen atoms in total. The number of aliphatic hydroxyl groups is 1. The summed E-state index contributed by atoms with van der Waals surface area (Å²) in [4.78, 5) is 37.7. The molecule has 2 atom stereocenters. The first-order chi connectivity index (χ1) is 11.0. The second-order valence-electron chi connectivity index (χ2n) is 6.12. The maximum absolute atomic E-state index is 11.7. The van der Waals surface area contributed by atoms with E-state index >= 15 is 0 Å². The summed E-state index contributed by atoms with van der Waals surface area (Å²) in [6.45, 7) is 3.69. The third-order valence-corrected chi connectivity index (χ3v) is 4.23. The van der Waals surface area contributed by atoms with Crippen LogP contribution in [0.25, 0.3) is 0 Å². The molecule has 2 N–H and O–H groups in total. The zero-order chi connectivity index (χ0) is 16.8. The Morgan fingerprint density at radius 1 is 1.39 bits per heavy atom. The van der Waals surface area contributed by atoms with Gasteiger partial charge in [-0.1, -0.05) is 19.4 Å².